The van der Waals surface area contributed by atoms with Gasteiger partial charge in [-0.1, -0.05) is 50.2 Å². The normalized spacial score (nSPS) is 17.1. The summed E-state index contributed by atoms with van der Waals surface area (Å²) in [4.78, 5) is 28.0. The lowest BCUT2D eigenvalue weighted by atomic mass is 9.93. The van der Waals surface area contributed by atoms with Crippen molar-refractivity contribution in [3.05, 3.63) is 100 Å². The fourth-order valence-corrected chi connectivity index (χ4v) is 4.39. The van der Waals surface area contributed by atoms with E-state index in [4.69, 9.17) is 9.47 Å². The molecule has 3 aromatic carbocycles. The van der Waals surface area contributed by atoms with Gasteiger partial charge in [0.25, 0.3) is 11.7 Å². The summed E-state index contributed by atoms with van der Waals surface area (Å²) in [5, 5.41) is 11.3. The van der Waals surface area contributed by atoms with Gasteiger partial charge in [-0.05, 0) is 52.9 Å². The summed E-state index contributed by atoms with van der Waals surface area (Å²) in [5.41, 5.74) is 2.42. The third-order valence-electron chi connectivity index (χ3n) is 6.39. The number of halogens is 1. The summed E-state index contributed by atoms with van der Waals surface area (Å²) in [6.45, 7) is 4.27. The second-order valence-corrected chi connectivity index (χ2v) is 8.94. The number of aliphatic hydroxyl groups excluding tert-OH is 1. The number of nitrogens with zero attached hydrogens (tertiary/aromatic N) is 1. The predicted molar refractivity (Wildman–Crippen MR) is 134 cm³/mol. The zero-order chi connectivity index (χ0) is 26.0. The number of ether oxygens (including phenoxy) is 2. The maximum absolute atomic E-state index is 14.1. The van der Waals surface area contributed by atoms with Crippen molar-refractivity contribution in [1.29, 1.82) is 0 Å². The van der Waals surface area contributed by atoms with Gasteiger partial charge in [0.15, 0.2) is 0 Å². The van der Waals surface area contributed by atoms with Gasteiger partial charge < -0.3 is 19.5 Å². The third kappa shape index (κ3) is 4.69. The van der Waals surface area contributed by atoms with Gasteiger partial charge in [-0.2, -0.15) is 0 Å². The molecule has 186 valence electrons. The molecule has 0 radical (unpaired) electrons. The Bertz CT molecular complexity index is 1310. The summed E-state index contributed by atoms with van der Waals surface area (Å²) in [6, 6.07) is 17.5. The van der Waals surface area contributed by atoms with E-state index in [-0.39, 0.29) is 23.4 Å². The standard InChI is InChI=1S/C29H28FNO5/c1-17(2)19-7-9-20(10-8-19)26-25(27(32)23-15-21(30)11-14-24(23)36-4)28(33)29(34)31(26)16-18-5-12-22(35-3)13-6-18/h5-15,17,26,32H,16H2,1-4H3/b27-25+. The van der Waals surface area contributed by atoms with Gasteiger partial charge in [-0.15, -0.1) is 0 Å². The first-order valence-electron chi connectivity index (χ1n) is 11.6. The SMILES string of the molecule is COc1ccc(CN2C(=O)C(=O)/C(=C(/O)c3cc(F)ccc3OC)C2c2ccc(C(C)C)cc2)cc1. The molecule has 0 aliphatic carbocycles. The summed E-state index contributed by atoms with van der Waals surface area (Å²) >= 11 is 0. The third-order valence-corrected chi connectivity index (χ3v) is 6.39. The molecule has 1 amide bonds. The lowest BCUT2D eigenvalue weighted by Gasteiger charge is -2.26. The van der Waals surface area contributed by atoms with E-state index in [1.54, 1.807) is 19.2 Å². The highest BCUT2D eigenvalue weighted by molar-refractivity contribution is 6.46. The Kier molecular flexibility index (Phi) is 7.10. The number of benzene rings is 3. The molecule has 0 bridgehead atoms. The van der Waals surface area contributed by atoms with Crippen molar-refractivity contribution in [2.45, 2.75) is 32.4 Å². The van der Waals surface area contributed by atoms with Crippen LogP contribution in [0.1, 0.15) is 48.1 Å². The first kappa shape index (κ1) is 25.0. The Morgan fingerprint density at radius 1 is 0.972 bits per heavy atom. The van der Waals surface area contributed by atoms with Gasteiger partial charge in [0.2, 0.25) is 0 Å². The molecule has 4 rings (SSSR count). The van der Waals surface area contributed by atoms with Crippen LogP contribution >= 0.6 is 0 Å². The Morgan fingerprint density at radius 2 is 1.64 bits per heavy atom. The average molecular weight is 490 g/mol. The van der Waals surface area contributed by atoms with E-state index in [1.807, 2.05) is 36.4 Å². The van der Waals surface area contributed by atoms with Gasteiger partial charge in [-0.3, -0.25) is 9.59 Å². The number of methoxy groups -OCH3 is 2. The number of hydrogen-bond acceptors (Lipinski definition) is 5. The van der Waals surface area contributed by atoms with E-state index in [9.17, 15) is 19.1 Å². The van der Waals surface area contributed by atoms with Crippen LogP contribution in [-0.4, -0.2) is 35.9 Å². The minimum Gasteiger partial charge on any atom is -0.507 e. The van der Waals surface area contributed by atoms with Crippen molar-refractivity contribution < 1.29 is 28.6 Å². The Balaban J connectivity index is 1.87. The first-order valence-corrected chi connectivity index (χ1v) is 11.6. The van der Waals surface area contributed by atoms with Gasteiger partial charge >= 0.3 is 0 Å². The van der Waals surface area contributed by atoms with Crippen LogP contribution in [0.2, 0.25) is 0 Å². The van der Waals surface area contributed by atoms with Crippen molar-refractivity contribution in [1.82, 2.24) is 4.90 Å². The number of carbonyl (C=O) groups excluding carboxylic acids is 2. The topological polar surface area (TPSA) is 76.1 Å². The van der Waals surface area contributed by atoms with E-state index in [1.165, 1.54) is 24.1 Å². The zero-order valence-electron chi connectivity index (χ0n) is 20.6. The Hall–Kier alpha value is -4.13. The molecule has 1 saturated heterocycles. The van der Waals surface area contributed by atoms with E-state index < -0.39 is 29.3 Å². The van der Waals surface area contributed by atoms with Crippen molar-refractivity contribution >= 4 is 17.4 Å². The van der Waals surface area contributed by atoms with Crippen molar-refractivity contribution in [3.8, 4) is 11.5 Å². The number of Topliss-reactive ketones (excluding diaryl/α,β-unsaturated/α-hetero) is 1. The van der Waals surface area contributed by atoms with E-state index in [0.717, 1.165) is 17.2 Å². The number of carbonyl (C=O) groups is 2. The van der Waals surface area contributed by atoms with Crippen LogP contribution in [0, 0.1) is 5.82 Å². The molecule has 1 atom stereocenters. The maximum atomic E-state index is 14.1. The minimum absolute atomic E-state index is 0.00347. The summed E-state index contributed by atoms with van der Waals surface area (Å²) in [5.74, 6) is -1.54. The van der Waals surface area contributed by atoms with Gasteiger partial charge in [-0.25, -0.2) is 4.39 Å². The molecule has 7 heteroatoms. The fourth-order valence-electron chi connectivity index (χ4n) is 4.39. The number of amides is 1. The summed E-state index contributed by atoms with van der Waals surface area (Å²) in [7, 11) is 2.95. The monoisotopic (exact) mass is 489 g/mol. The lowest BCUT2D eigenvalue weighted by molar-refractivity contribution is -0.140. The molecule has 0 spiro atoms. The lowest BCUT2D eigenvalue weighted by Crippen LogP contribution is -2.29. The predicted octanol–water partition coefficient (Wildman–Crippen LogP) is 5.59. The van der Waals surface area contributed by atoms with E-state index >= 15 is 0 Å². The van der Waals surface area contributed by atoms with Crippen LogP contribution < -0.4 is 9.47 Å². The Labute approximate surface area is 209 Å². The van der Waals surface area contributed by atoms with Crippen molar-refractivity contribution in [2.75, 3.05) is 14.2 Å². The van der Waals surface area contributed by atoms with E-state index in [0.29, 0.717) is 17.2 Å². The number of rotatable bonds is 7. The molecule has 1 N–H and O–H groups in total. The second-order valence-electron chi connectivity index (χ2n) is 8.94. The molecular formula is C29H28FNO5. The molecular weight excluding hydrogens is 461 g/mol. The summed E-state index contributed by atoms with van der Waals surface area (Å²) < 4.78 is 24.6. The minimum atomic E-state index is -0.874. The molecule has 1 unspecified atom stereocenters. The van der Waals surface area contributed by atoms with Crippen molar-refractivity contribution in [3.63, 3.8) is 0 Å². The average Bonchev–Trinajstić information content (AvgIpc) is 3.13. The number of hydrogen-bond donors (Lipinski definition) is 1. The summed E-state index contributed by atoms with van der Waals surface area (Å²) in [6.07, 6.45) is 0. The molecule has 1 aliphatic heterocycles. The maximum Gasteiger partial charge on any atom is 0.295 e. The number of ketones is 1. The largest absolute Gasteiger partial charge is 0.507 e. The highest BCUT2D eigenvalue weighted by Gasteiger charge is 2.46. The quantitative estimate of drug-likeness (QED) is 0.266. The van der Waals surface area contributed by atoms with Gasteiger partial charge in [0.1, 0.15) is 23.1 Å². The smallest absolute Gasteiger partial charge is 0.295 e. The zero-order valence-corrected chi connectivity index (χ0v) is 20.6. The molecule has 6 nitrogen and oxygen atoms in total. The Morgan fingerprint density at radius 3 is 2.22 bits per heavy atom. The van der Waals surface area contributed by atoms with Crippen molar-refractivity contribution in [2.24, 2.45) is 0 Å². The number of aliphatic hydroxyl groups is 1. The highest BCUT2D eigenvalue weighted by Crippen LogP contribution is 2.42. The molecule has 1 aliphatic rings. The van der Waals surface area contributed by atoms with Crippen LogP contribution in [0.5, 0.6) is 11.5 Å². The van der Waals surface area contributed by atoms with Crippen LogP contribution in [0.3, 0.4) is 0 Å². The van der Waals surface area contributed by atoms with Crippen LogP contribution in [-0.2, 0) is 16.1 Å². The van der Waals surface area contributed by atoms with Crippen LogP contribution in [0.15, 0.2) is 72.3 Å². The number of likely N-dealkylation sites (tertiary alicyclic amines) is 1. The highest BCUT2D eigenvalue weighted by atomic mass is 19.1. The van der Waals surface area contributed by atoms with E-state index in [2.05, 4.69) is 13.8 Å². The van der Waals surface area contributed by atoms with Crippen LogP contribution in [0.25, 0.3) is 5.76 Å². The molecule has 3 aromatic rings. The molecule has 36 heavy (non-hydrogen) atoms. The van der Waals surface area contributed by atoms with Gasteiger partial charge in [0.05, 0.1) is 31.4 Å². The fraction of sp³-hybridized carbons (Fsp3) is 0.241. The van der Waals surface area contributed by atoms with Gasteiger partial charge in [0, 0.05) is 6.54 Å². The second kappa shape index (κ2) is 10.2. The molecule has 1 heterocycles. The molecule has 0 aromatic heterocycles. The first-order chi connectivity index (χ1) is 17.2. The van der Waals surface area contributed by atoms with Crippen LogP contribution in [0.4, 0.5) is 4.39 Å². The molecule has 1 fully saturated rings. The molecule has 0 saturated carbocycles.